The molecule has 2 rings (SSSR count). The molecule has 0 radical (unpaired) electrons. The van der Waals surface area contributed by atoms with Crippen LogP contribution < -0.4 is 4.74 Å². The Balaban J connectivity index is 2.50. The topological polar surface area (TPSA) is 61.7 Å². The van der Waals surface area contributed by atoms with Gasteiger partial charge in [-0.25, -0.2) is 4.98 Å². The maximum absolute atomic E-state index is 9.12. The molecule has 0 saturated carbocycles. The summed E-state index contributed by atoms with van der Waals surface area (Å²) in [7, 11) is 1.67. The summed E-state index contributed by atoms with van der Waals surface area (Å²) in [6.07, 6.45) is 2.52. The van der Waals surface area contributed by atoms with Gasteiger partial charge in [0.25, 0.3) is 0 Å². The van der Waals surface area contributed by atoms with E-state index in [0.29, 0.717) is 5.82 Å². The van der Waals surface area contributed by atoms with Crippen LogP contribution in [0.4, 0.5) is 0 Å². The average Bonchev–Trinajstić information content (AvgIpc) is 2.88. The van der Waals surface area contributed by atoms with Crippen LogP contribution in [0.5, 0.6) is 5.75 Å². The molecule has 1 unspecified atom stereocenters. The summed E-state index contributed by atoms with van der Waals surface area (Å²) in [5.41, 5.74) is 4.18. The smallest absolute Gasteiger partial charge is 0.128 e. The van der Waals surface area contributed by atoms with Crippen molar-refractivity contribution in [3.63, 3.8) is 0 Å². The Bertz CT molecular complexity index is 652. The van der Waals surface area contributed by atoms with Crippen LogP contribution in [0.25, 0.3) is 11.3 Å². The predicted molar refractivity (Wildman–Crippen MR) is 78.7 cm³/mol. The van der Waals surface area contributed by atoms with Gasteiger partial charge in [0, 0.05) is 5.56 Å². The minimum atomic E-state index is -0.194. The second-order valence-electron chi connectivity index (χ2n) is 4.93. The lowest BCUT2D eigenvalue weighted by atomic mass is 10.0. The van der Waals surface area contributed by atoms with E-state index in [1.54, 1.807) is 13.3 Å². The second-order valence-corrected chi connectivity index (χ2v) is 4.93. The van der Waals surface area contributed by atoms with Crippen LogP contribution in [0.3, 0.4) is 0 Å². The number of nitrogens with one attached hydrogen (secondary N) is 1. The molecule has 0 aliphatic heterocycles. The Morgan fingerprint density at radius 1 is 1.40 bits per heavy atom. The highest BCUT2D eigenvalue weighted by atomic mass is 16.5. The summed E-state index contributed by atoms with van der Waals surface area (Å²) in [5.74, 6) is 1.34. The van der Waals surface area contributed by atoms with Crippen molar-refractivity contribution in [1.29, 1.82) is 5.26 Å². The molecule has 0 amide bonds. The van der Waals surface area contributed by atoms with E-state index in [4.69, 9.17) is 10.00 Å². The van der Waals surface area contributed by atoms with Gasteiger partial charge in [-0.2, -0.15) is 5.26 Å². The van der Waals surface area contributed by atoms with Crippen LogP contribution >= 0.6 is 0 Å². The summed E-state index contributed by atoms with van der Waals surface area (Å²) in [5, 5.41) is 9.12. The molecule has 104 valence electrons. The lowest BCUT2D eigenvalue weighted by Gasteiger charge is -2.11. The van der Waals surface area contributed by atoms with Gasteiger partial charge in [0.2, 0.25) is 0 Å². The van der Waals surface area contributed by atoms with Crippen molar-refractivity contribution >= 4 is 0 Å². The number of aromatic nitrogens is 2. The van der Waals surface area contributed by atoms with Crippen molar-refractivity contribution in [3.8, 4) is 23.1 Å². The number of hydrogen-bond donors (Lipinski definition) is 1. The van der Waals surface area contributed by atoms with Gasteiger partial charge in [-0.3, -0.25) is 0 Å². The van der Waals surface area contributed by atoms with E-state index in [1.807, 2.05) is 26.8 Å². The molecule has 0 bridgehead atoms. The molecule has 0 spiro atoms. The fourth-order valence-corrected chi connectivity index (χ4v) is 2.42. The largest absolute Gasteiger partial charge is 0.496 e. The Morgan fingerprint density at radius 2 is 2.15 bits per heavy atom. The van der Waals surface area contributed by atoms with Gasteiger partial charge in [0.1, 0.15) is 17.5 Å². The van der Waals surface area contributed by atoms with Crippen molar-refractivity contribution in [2.45, 2.75) is 33.1 Å². The number of nitriles is 1. The predicted octanol–water partition coefficient (Wildman–Crippen LogP) is 3.72. The number of H-pyrrole nitrogens is 1. The van der Waals surface area contributed by atoms with E-state index in [-0.39, 0.29) is 5.92 Å². The summed E-state index contributed by atoms with van der Waals surface area (Å²) in [6.45, 7) is 6.07. The molecular weight excluding hydrogens is 250 g/mol. The number of aryl methyl sites for hydroxylation is 2. The first kappa shape index (κ1) is 14.1. The first-order valence-corrected chi connectivity index (χ1v) is 6.70. The zero-order valence-corrected chi connectivity index (χ0v) is 12.3. The molecule has 1 N–H and O–H groups in total. The Labute approximate surface area is 119 Å². The molecular formula is C16H19N3O. The highest BCUT2D eigenvalue weighted by molar-refractivity contribution is 5.71. The maximum Gasteiger partial charge on any atom is 0.128 e. The molecule has 0 saturated heterocycles. The van der Waals surface area contributed by atoms with Crippen LogP contribution in [0.15, 0.2) is 18.3 Å². The summed E-state index contributed by atoms with van der Waals surface area (Å²) >= 11 is 0. The molecule has 4 heteroatoms. The molecule has 0 fully saturated rings. The molecule has 20 heavy (non-hydrogen) atoms. The molecule has 1 heterocycles. The third-order valence-corrected chi connectivity index (χ3v) is 3.42. The lowest BCUT2D eigenvalue weighted by molar-refractivity contribution is 0.415. The van der Waals surface area contributed by atoms with E-state index in [0.717, 1.165) is 34.6 Å². The number of benzene rings is 1. The number of hydrogen-bond acceptors (Lipinski definition) is 3. The third-order valence-electron chi connectivity index (χ3n) is 3.42. The van der Waals surface area contributed by atoms with Gasteiger partial charge < -0.3 is 9.72 Å². The van der Waals surface area contributed by atoms with E-state index in [9.17, 15) is 0 Å². The Hall–Kier alpha value is -2.28. The number of imidazole rings is 1. The first-order valence-electron chi connectivity index (χ1n) is 6.70. The van der Waals surface area contributed by atoms with Gasteiger partial charge >= 0.3 is 0 Å². The molecule has 0 aliphatic carbocycles. The van der Waals surface area contributed by atoms with E-state index < -0.39 is 0 Å². The number of rotatable bonds is 4. The number of ether oxygens (including phenoxy) is 1. The van der Waals surface area contributed by atoms with Crippen LogP contribution in [0.2, 0.25) is 0 Å². The molecule has 4 nitrogen and oxygen atoms in total. The van der Waals surface area contributed by atoms with Crippen molar-refractivity contribution in [2.24, 2.45) is 0 Å². The second kappa shape index (κ2) is 5.79. The SMILES string of the molecule is CCC(C#N)c1ncc(-c2c(C)cc(C)cc2OC)[nH]1. The Morgan fingerprint density at radius 3 is 2.75 bits per heavy atom. The van der Waals surface area contributed by atoms with E-state index >= 15 is 0 Å². The molecule has 2 aromatic rings. The fraction of sp³-hybridized carbons (Fsp3) is 0.375. The minimum Gasteiger partial charge on any atom is -0.496 e. The third kappa shape index (κ3) is 2.53. The van der Waals surface area contributed by atoms with E-state index in [1.165, 1.54) is 0 Å². The standard InChI is InChI=1S/C16H19N3O/c1-5-12(8-17)16-18-9-13(19-16)15-11(3)6-10(2)7-14(15)20-4/h6-7,9,12H,5H2,1-4H3,(H,18,19). The van der Waals surface area contributed by atoms with Gasteiger partial charge in [-0.15, -0.1) is 0 Å². The van der Waals surface area contributed by atoms with Crippen molar-refractivity contribution in [3.05, 3.63) is 35.3 Å². The summed E-state index contributed by atoms with van der Waals surface area (Å²) < 4.78 is 5.47. The molecule has 1 aromatic carbocycles. The average molecular weight is 269 g/mol. The van der Waals surface area contributed by atoms with Gasteiger partial charge in [0.05, 0.1) is 25.1 Å². The highest BCUT2D eigenvalue weighted by Gasteiger charge is 2.16. The first-order chi connectivity index (χ1) is 9.60. The number of nitrogens with zero attached hydrogens (tertiary/aromatic N) is 2. The summed E-state index contributed by atoms with van der Waals surface area (Å²) in [4.78, 5) is 7.59. The maximum atomic E-state index is 9.12. The minimum absolute atomic E-state index is 0.194. The number of aromatic amines is 1. The molecule has 1 aromatic heterocycles. The van der Waals surface area contributed by atoms with Crippen LogP contribution in [0, 0.1) is 25.2 Å². The quantitative estimate of drug-likeness (QED) is 0.920. The fourth-order valence-electron chi connectivity index (χ4n) is 2.42. The monoisotopic (exact) mass is 269 g/mol. The van der Waals surface area contributed by atoms with Crippen molar-refractivity contribution in [1.82, 2.24) is 9.97 Å². The van der Waals surface area contributed by atoms with Crippen molar-refractivity contribution < 1.29 is 4.74 Å². The highest BCUT2D eigenvalue weighted by Crippen LogP contribution is 2.34. The molecule has 0 aliphatic rings. The van der Waals surface area contributed by atoms with Gasteiger partial charge in [-0.1, -0.05) is 13.0 Å². The van der Waals surface area contributed by atoms with E-state index in [2.05, 4.69) is 22.1 Å². The zero-order chi connectivity index (χ0) is 14.7. The zero-order valence-electron chi connectivity index (χ0n) is 12.3. The van der Waals surface area contributed by atoms with Gasteiger partial charge in [-0.05, 0) is 37.5 Å². The molecule has 1 atom stereocenters. The number of methoxy groups -OCH3 is 1. The lowest BCUT2D eigenvalue weighted by Crippen LogP contribution is -1.97. The Kier molecular flexibility index (Phi) is 4.09. The van der Waals surface area contributed by atoms with Crippen LogP contribution in [-0.4, -0.2) is 17.1 Å². The summed E-state index contributed by atoms with van der Waals surface area (Å²) in [6, 6.07) is 6.38. The van der Waals surface area contributed by atoms with Crippen molar-refractivity contribution in [2.75, 3.05) is 7.11 Å². The van der Waals surface area contributed by atoms with Gasteiger partial charge in [0.15, 0.2) is 0 Å². The van der Waals surface area contributed by atoms with Crippen LogP contribution in [-0.2, 0) is 0 Å². The van der Waals surface area contributed by atoms with Crippen LogP contribution in [0.1, 0.15) is 36.2 Å². The normalized spacial score (nSPS) is 11.9.